The molecule has 27 heavy (non-hydrogen) atoms. The molecule has 0 radical (unpaired) electrons. The van der Waals surface area contributed by atoms with Crippen LogP contribution in [0, 0.1) is 5.82 Å². The van der Waals surface area contributed by atoms with E-state index >= 15 is 0 Å². The molecule has 0 saturated carbocycles. The quantitative estimate of drug-likeness (QED) is 0.688. The number of carbonyl (C=O) groups excluding carboxylic acids is 1. The first-order valence-electron chi connectivity index (χ1n) is 9.40. The number of hydrogen-bond acceptors (Lipinski definition) is 3. The topological polar surface area (TPSA) is 51.0 Å². The molecule has 6 heteroatoms. The van der Waals surface area contributed by atoms with Crippen LogP contribution in [0.4, 0.5) is 4.39 Å². The second-order valence-electron chi connectivity index (χ2n) is 7.51. The molecule has 4 rings (SSSR count). The van der Waals surface area contributed by atoms with Crippen LogP contribution >= 0.6 is 0 Å². The molecule has 5 nitrogen and oxygen atoms in total. The minimum Gasteiger partial charge on any atom is -0.336 e. The van der Waals surface area contributed by atoms with E-state index < -0.39 is 0 Å². The second-order valence-corrected chi connectivity index (χ2v) is 7.51. The molecule has 1 aliphatic heterocycles. The summed E-state index contributed by atoms with van der Waals surface area (Å²) in [5, 5.41) is 5.04. The molecule has 1 aliphatic rings. The van der Waals surface area contributed by atoms with E-state index in [9.17, 15) is 9.18 Å². The molecule has 0 aliphatic carbocycles. The van der Waals surface area contributed by atoms with Crippen LogP contribution in [0.1, 0.15) is 50.0 Å². The van der Waals surface area contributed by atoms with Crippen molar-refractivity contribution in [3.63, 3.8) is 0 Å². The molecule has 3 heterocycles. The zero-order valence-electron chi connectivity index (χ0n) is 15.8. The van der Waals surface area contributed by atoms with Crippen molar-refractivity contribution >= 4 is 16.8 Å². The Morgan fingerprint density at radius 3 is 2.78 bits per heavy atom. The lowest BCUT2D eigenvalue weighted by atomic mass is 10.0. The Bertz CT molecular complexity index is 1010. The lowest BCUT2D eigenvalue weighted by Crippen LogP contribution is -2.33. The number of fused-ring (bicyclic) bond motifs is 1. The fourth-order valence-corrected chi connectivity index (χ4v) is 3.67. The van der Waals surface area contributed by atoms with Crippen LogP contribution in [0.25, 0.3) is 22.2 Å². The van der Waals surface area contributed by atoms with E-state index in [1.54, 1.807) is 12.3 Å². The molecule has 0 bridgehead atoms. The predicted octanol–water partition coefficient (Wildman–Crippen LogP) is 4.44. The number of likely N-dealkylation sites (tertiary alicyclic amines) is 1. The number of halogens is 1. The second kappa shape index (κ2) is 6.76. The first-order valence-corrected chi connectivity index (χ1v) is 9.40. The number of amides is 1. The van der Waals surface area contributed by atoms with Crippen LogP contribution < -0.4 is 0 Å². The van der Waals surface area contributed by atoms with Crippen LogP contribution in [0.2, 0.25) is 0 Å². The van der Waals surface area contributed by atoms with Gasteiger partial charge >= 0.3 is 0 Å². The Morgan fingerprint density at radius 2 is 2.11 bits per heavy atom. The molecule has 0 spiro atoms. The molecule has 1 amide bonds. The van der Waals surface area contributed by atoms with Crippen molar-refractivity contribution in [2.75, 3.05) is 6.54 Å². The summed E-state index contributed by atoms with van der Waals surface area (Å²) in [4.78, 5) is 19.7. The summed E-state index contributed by atoms with van der Waals surface area (Å²) in [6.45, 7) is 6.92. The summed E-state index contributed by atoms with van der Waals surface area (Å²) in [7, 11) is 0. The highest BCUT2D eigenvalue weighted by molar-refractivity contribution is 6.07. The summed E-state index contributed by atoms with van der Waals surface area (Å²) in [6, 6.07) is 6.67. The van der Waals surface area contributed by atoms with Gasteiger partial charge in [-0.3, -0.25) is 9.48 Å². The van der Waals surface area contributed by atoms with Gasteiger partial charge in [-0.25, -0.2) is 9.37 Å². The first-order chi connectivity index (χ1) is 12.9. The third-order valence-corrected chi connectivity index (χ3v) is 5.24. The molecule has 140 valence electrons. The van der Waals surface area contributed by atoms with E-state index in [0.717, 1.165) is 24.9 Å². The Balaban J connectivity index is 1.87. The highest BCUT2D eigenvalue weighted by Crippen LogP contribution is 2.29. The SMILES string of the molecule is CC(C)n1cc(-c2cc(C(=O)N3CCC[C@H]3C)c3ccc(F)cc3n2)cn1. The summed E-state index contributed by atoms with van der Waals surface area (Å²) in [5.74, 6) is -0.380. The predicted molar refractivity (Wildman–Crippen MR) is 103 cm³/mol. The molecule has 1 atom stereocenters. The average Bonchev–Trinajstić information content (AvgIpc) is 3.29. The fourth-order valence-electron chi connectivity index (χ4n) is 3.67. The van der Waals surface area contributed by atoms with E-state index in [1.165, 1.54) is 12.1 Å². The van der Waals surface area contributed by atoms with E-state index in [-0.39, 0.29) is 23.8 Å². The summed E-state index contributed by atoms with van der Waals surface area (Å²) in [6.07, 6.45) is 5.67. The standard InChI is InChI=1S/C21H23FN4O/c1-13(2)26-12-15(11-23-26)19-10-18(21(27)25-8-4-5-14(25)3)17-7-6-16(22)9-20(17)24-19/h6-7,9-14H,4-5,8H2,1-3H3/t14-/m1/s1. The minimum atomic E-state index is -0.363. The normalized spacial score (nSPS) is 17.2. The Morgan fingerprint density at radius 1 is 1.30 bits per heavy atom. The summed E-state index contributed by atoms with van der Waals surface area (Å²) < 4.78 is 15.7. The van der Waals surface area contributed by atoms with Crippen molar-refractivity contribution in [2.45, 2.75) is 45.7 Å². The highest BCUT2D eigenvalue weighted by atomic mass is 19.1. The highest BCUT2D eigenvalue weighted by Gasteiger charge is 2.28. The van der Waals surface area contributed by atoms with Gasteiger partial charge in [0.25, 0.3) is 5.91 Å². The maximum absolute atomic E-state index is 13.8. The van der Waals surface area contributed by atoms with Gasteiger partial charge in [-0.05, 0) is 51.8 Å². The summed E-state index contributed by atoms with van der Waals surface area (Å²) >= 11 is 0. The van der Waals surface area contributed by atoms with E-state index in [4.69, 9.17) is 0 Å². The summed E-state index contributed by atoms with van der Waals surface area (Å²) in [5.41, 5.74) is 2.51. The fraction of sp³-hybridized carbons (Fsp3) is 0.381. The van der Waals surface area contributed by atoms with Crippen molar-refractivity contribution in [1.82, 2.24) is 19.7 Å². The van der Waals surface area contributed by atoms with Gasteiger partial charge in [0.05, 0.1) is 23.0 Å². The lowest BCUT2D eigenvalue weighted by Gasteiger charge is -2.22. The largest absolute Gasteiger partial charge is 0.336 e. The van der Waals surface area contributed by atoms with Crippen molar-refractivity contribution in [1.29, 1.82) is 0 Å². The molecular formula is C21H23FN4O. The van der Waals surface area contributed by atoms with E-state index in [0.29, 0.717) is 22.2 Å². The monoisotopic (exact) mass is 366 g/mol. The van der Waals surface area contributed by atoms with Gasteiger partial charge in [0.15, 0.2) is 0 Å². The van der Waals surface area contributed by atoms with E-state index in [2.05, 4.69) is 17.0 Å². The molecule has 0 N–H and O–H groups in total. The Hall–Kier alpha value is -2.76. The van der Waals surface area contributed by atoms with Gasteiger partial charge in [-0.15, -0.1) is 0 Å². The molecule has 3 aromatic rings. The van der Waals surface area contributed by atoms with Crippen LogP contribution in [0.15, 0.2) is 36.7 Å². The number of carbonyl (C=O) groups is 1. The number of hydrogen-bond donors (Lipinski definition) is 0. The van der Waals surface area contributed by atoms with Gasteiger partial charge in [-0.1, -0.05) is 0 Å². The van der Waals surface area contributed by atoms with Crippen LogP contribution in [0.5, 0.6) is 0 Å². The number of nitrogens with zero attached hydrogens (tertiary/aromatic N) is 4. The van der Waals surface area contributed by atoms with Crippen molar-refractivity contribution in [3.05, 3.63) is 48.0 Å². The van der Waals surface area contributed by atoms with Crippen LogP contribution in [0.3, 0.4) is 0 Å². The average molecular weight is 366 g/mol. The zero-order chi connectivity index (χ0) is 19.1. The smallest absolute Gasteiger partial charge is 0.254 e. The van der Waals surface area contributed by atoms with Crippen molar-refractivity contribution < 1.29 is 9.18 Å². The number of rotatable bonds is 3. The molecular weight excluding hydrogens is 343 g/mol. The zero-order valence-corrected chi connectivity index (χ0v) is 15.8. The third-order valence-electron chi connectivity index (χ3n) is 5.24. The van der Waals surface area contributed by atoms with E-state index in [1.807, 2.05) is 35.7 Å². The van der Waals surface area contributed by atoms with Crippen molar-refractivity contribution in [3.8, 4) is 11.3 Å². The van der Waals surface area contributed by atoms with Gasteiger partial charge < -0.3 is 4.90 Å². The number of aromatic nitrogens is 3. The molecule has 1 fully saturated rings. The van der Waals surface area contributed by atoms with Crippen LogP contribution in [-0.4, -0.2) is 38.2 Å². The molecule has 2 aromatic heterocycles. The van der Waals surface area contributed by atoms with Gasteiger partial charge in [0, 0.05) is 41.8 Å². The first kappa shape index (κ1) is 17.6. The maximum atomic E-state index is 13.8. The maximum Gasteiger partial charge on any atom is 0.254 e. The van der Waals surface area contributed by atoms with Gasteiger partial charge in [0.1, 0.15) is 5.82 Å². The van der Waals surface area contributed by atoms with Gasteiger partial charge in [0.2, 0.25) is 0 Å². The Kier molecular flexibility index (Phi) is 4.42. The molecule has 0 unspecified atom stereocenters. The molecule has 1 saturated heterocycles. The van der Waals surface area contributed by atoms with Crippen molar-refractivity contribution in [2.24, 2.45) is 0 Å². The number of pyridine rings is 1. The molecule has 1 aromatic carbocycles. The Labute approximate surface area is 157 Å². The van der Waals surface area contributed by atoms with Gasteiger partial charge in [-0.2, -0.15) is 5.10 Å². The minimum absolute atomic E-state index is 0.0171. The third kappa shape index (κ3) is 3.20. The number of benzene rings is 1. The van der Waals surface area contributed by atoms with Crippen LogP contribution in [-0.2, 0) is 0 Å². The lowest BCUT2D eigenvalue weighted by molar-refractivity contribution is 0.0749.